The normalized spacial score (nSPS) is 58.2. The predicted octanol–water partition coefficient (Wildman–Crippen LogP) is 2.54. The van der Waals surface area contributed by atoms with Crippen LogP contribution in [0.5, 0.6) is 0 Å². The SMILES string of the molecule is CC(=O)[C@H]1CC[C@H]2[C@@H]3CC[C@H]4C[C@@H](O)CC[C@]4(C)[C@H]3[C@H](O)[C@@H](O)[C@]12C. The van der Waals surface area contributed by atoms with Crippen LogP contribution in [0.1, 0.15) is 65.7 Å². The number of Topliss-reactive ketones (excluding diaryl/α,β-unsaturated/α-hetero) is 1. The molecule has 4 aliphatic rings. The van der Waals surface area contributed by atoms with E-state index in [1.807, 2.05) is 0 Å². The monoisotopic (exact) mass is 350 g/mol. The summed E-state index contributed by atoms with van der Waals surface area (Å²) in [6.45, 7) is 5.99. The van der Waals surface area contributed by atoms with Crippen molar-refractivity contribution < 1.29 is 20.1 Å². The van der Waals surface area contributed by atoms with E-state index in [9.17, 15) is 20.1 Å². The molecule has 0 heterocycles. The van der Waals surface area contributed by atoms with E-state index in [4.69, 9.17) is 0 Å². The van der Waals surface area contributed by atoms with Crippen LogP contribution in [0, 0.1) is 40.4 Å². The van der Waals surface area contributed by atoms with Gasteiger partial charge >= 0.3 is 0 Å². The minimum Gasteiger partial charge on any atom is -0.393 e. The van der Waals surface area contributed by atoms with Gasteiger partial charge in [-0.1, -0.05) is 13.8 Å². The van der Waals surface area contributed by atoms with Crippen molar-refractivity contribution in [3.05, 3.63) is 0 Å². The molecule has 4 aliphatic carbocycles. The molecule has 0 bridgehead atoms. The molecule has 0 aliphatic heterocycles. The summed E-state index contributed by atoms with van der Waals surface area (Å²) in [5.74, 6) is 1.29. The van der Waals surface area contributed by atoms with Crippen molar-refractivity contribution in [3.63, 3.8) is 0 Å². The van der Waals surface area contributed by atoms with Gasteiger partial charge in [0, 0.05) is 11.3 Å². The minimum atomic E-state index is -0.822. The quantitative estimate of drug-likeness (QED) is 0.679. The van der Waals surface area contributed by atoms with Gasteiger partial charge in [0.2, 0.25) is 0 Å². The van der Waals surface area contributed by atoms with E-state index in [-0.39, 0.29) is 29.1 Å². The molecule has 142 valence electrons. The summed E-state index contributed by atoms with van der Waals surface area (Å²) in [5, 5.41) is 32.5. The van der Waals surface area contributed by atoms with E-state index in [1.54, 1.807) is 6.92 Å². The number of aliphatic hydroxyl groups excluding tert-OH is 3. The predicted molar refractivity (Wildman–Crippen MR) is 94.7 cm³/mol. The number of carbonyl (C=O) groups excluding carboxylic acids is 1. The zero-order valence-corrected chi connectivity index (χ0v) is 15.8. The van der Waals surface area contributed by atoms with Gasteiger partial charge in [-0.15, -0.1) is 0 Å². The van der Waals surface area contributed by atoms with E-state index in [0.29, 0.717) is 17.8 Å². The average Bonchev–Trinajstić information content (AvgIpc) is 2.91. The molecule has 25 heavy (non-hydrogen) atoms. The van der Waals surface area contributed by atoms with E-state index in [1.165, 1.54) is 0 Å². The third-order valence-corrected chi connectivity index (χ3v) is 9.23. The molecule has 0 spiro atoms. The molecule has 4 rings (SSSR count). The third kappa shape index (κ3) is 2.26. The van der Waals surface area contributed by atoms with Crippen molar-refractivity contribution >= 4 is 5.78 Å². The Balaban J connectivity index is 1.72. The van der Waals surface area contributed by atoms with Crippen molar-refractivity contribution in [1.82, 2.24) is 0 Å². The second-order valence-corrected chi connectivity index (χ2v) is 10.0. The standard InChI is InChI=1S/C21H34O4/c1-11(22)15-6-7-16-14-5-4-12-10-13(23)8-9-20(12,2)17(14)18(24)19(25)21(15,16)3/h12-19,23-25H,4-10H2,1-3H3/t12-,13-,14-,15+,16-,17+,18-,19+,20-,21+/m0/s1. The summed E-state index contributed by atoms with van der Waals surface area (Å²) < 4.78 is 0. The molecule has 10 atom stereocenters. The summed E-state index contributed by atoms with van der Waals surface area (Å²) >= 11 is 0. The number of hydrogen-bond acceptors (Lipinski definition) is 4. The molecule has 0 unspecified atom stereocenters. The van der Waals surface area contributed by atoms with Gasteiger partial charge in [-0.3, -0.25) is 4.79 Å². The van der Waals surface area contributed by atoms with E-state index < -0.39 is 17.6 Å². The summed E-state index contributed by atoms with van der Waals surface area (Å²) in [4.78, 5) is 12.2. The highest BCUT2D eigenvalue weighted by atomic mass is 16.3. The van der Waals surface area contributed by atoms with E-state index >= 15 is 0 Å². The first kappa shape index (κ1) is 17.9. The highest BCUT2D eigenvalue weighted by Gasteiger charge is 2.67. The van der Waals surface area contributed by atoms with Crippen molar-refractivity contribution in [2.24, 2.45) is 40.4 Å². The summed E-state index contributed by atoms with van der Waals surface area (Å²) in [6.07, 6.45) is 4.80. The van der Waals surface area contributed by atoms with Crippen molar-refractivity contribution in [2.75, 3.05) is 0 Å². The van der Waals surface area contributed by atoms with Gasteiger partial charge in [0.05, 0.1) is 18.3 Å². The third-order valence-electron chi connectivity index (χ3n) is 9.23. The highest BCUT2D eigenvalue weighted by Crippen LogP contribution is 2.67. The molecule has 0 radical (unpaired) electrons. The largest absolute Gasteiger partial charge is 0.393 e. The Kier molecular flexibility index (Phi) is 4.14. The fourth-order valence-corrected chi connectivity index (χ4v) is 7.97. The van der Waals surface area contributed by atoms with Crippen LogP contribution < -0.4 is 0 Å². The maximum Gasteiger partial charge on any atom is 0.133 e. The van der Waals surface area contributed by atoms with Crippen molar-refractivity contribution in [2.45, 2.75) is 84.0 Å². The fraction of sp³-hybridized carbons (Fsp3) is 0.952. The van der Waals surface area contributed by atoms with Crippen LogP contribution >= 0.6 is 0 Å². The van der Waals surface area contributed by atoms with E-state index in [2.05, 4.69) is 13.8 Å². The molecule has 0 aromatic heterocycles. The van der Waals surface area contributed by atoms with E-state index in [0.717, 1.165) is 44.9 Å². The number of rotatable bonds is 1. The van der Waals surface area contributed by atoms with Crippen LogP contribution in [-0.2, 0) is 4.79 Å². The Morgan fingerprint density at radius 3 is 2.40 bits per heavy atom. The first-order chi connectivity index (χ1) is 11.7. The summed E-state index contributed by atoms with van der Waals surface area (Å²) in [5.41, 5.74) is -0.484. The maximum atomic E-state index is 12.2. The fourth-order valence-electron chi connectivity index (χ4n) is 7.97. The molecule has 4 saturated carbocycles. The molecule has 0 aromatic carbocycles. The zero-order valence-electron chi connectivity index (χ0n) is 15.8. The number of carbonyl (C=O) groups is 1. The number of hydrogen-bond donors (Lipinski definition) is 3. The van der Waals surface area contributed by atoms with Crippen LogP contribution in [0.2, 0.25) is 0 Å². The summed E-state index contributed by atoms with van der Waals surface area (Å²) in [6, 6.07) is 0. The van der Waals surface area contributed by atoms with Gasteiger partial charge in [0.25, 0.3) is 0 Å². The van der Waals surface area contributed by atoms with Gasteiger partial charge in [-0.2, -0.15) is 0 Å². The molecule has 0 aromatic rings. The molecule has 4 heteroatoms. The average molecular weight is 350 g/mol. The van der Waals surface area contributed by atoms with Crippen LogP contribution in [0.15, 0.2) is 0 Å². The topological polar surface area (TPSA) is 77.8 Å². The Labute approximate surface area is 151 Å². The molecule has 3 N–H and O–H groups in total. The van der Waals surface area contributed by atoms with Gasteiger partial charge < -0.3 is 15.3 Å². The summed E-state index contributed by atoms with van der Waals surface area (Å²) in [7, 11) is 0. The zero-order chi connectivity index (χ0) is 18.1. The molecule has 0 amide bonds. The minimum absolute atomic E-state index is 0.00180. The maximum absolute atomic E-state index is 12.2. The highest BCUT2D eigenvalue weighted by molar-refractivity contribution is 5.79. The molecule has 0 saturated heterocycles. The Hall–Kier alpha value is -0.450. The first-order valence-electron chi connectivity index (χ1n) is 10.3. The van der Waals surface area contributed by atoms with Crippen LogP contribution in [0.4, 0.5) is 0 Å². The molecule has 4 nitrogen and oxygen atoms in total. The Bertz CT molecular complexity index is 562. The molecular weight excluding hydrogens is 316 g/mol. The van der Waals surface area contributed by atoms with Crippen molar-refractivity contribution in [3.8, 4) is 0 Å². The lowest BCUT2D eigenvalue weighted by Crippen LogP contribution is -2.65. The smallest absolute Gasteiger partial charge is 0.133 e. The first-order valence-corrected chi connectivity index (χ1v) is 10.3. The van der Waals surface area contributed by atoms with Gasteiger partial charge in [0.15, 0.2) is 0 Å². The lowest BCUT2D eigenvalue weighted by molar-refractivity contribution is -0.227. The Morgan fingerprint density at radius 1 is 1.00 bits per heavy atom. The van der Waals surface area contributed by atoms with Gasteiger partial charge in [-0.25, -0.2) is 0 Å². The van der Waals surface area contributed by atoms with Crippen LogP contribution in [0.3, 0.4) is 0 Å². The number of ketones is 1. The Morgan fingerprint density at radius 2 is 1.72 bits per heavy atom. The second-order valence-electron chi connectivity index (χ2n) is 10.0. The second kappa shape index (κ2) is 5.77. The number of aliphatic hydroxyl groups is 3. The number of fused-ring (bicyclic) bond motifs is 5. The van der Waals surface area contributed by atoms with Crippen molar-refractivity contribution in [1.29, 1.82) is 0 Å². The van der Waals surface area contributed by atoms with Crippen LogP contribution in [0.25, 0.3) is 0 Å². The molecule has 4 fully saturated rings. The van der Waals surface area contributed by atoms with Crippen LogP contribution in [-0.4, -0.2) is 39.4 Å². The molecular formula is C21H34O4. The van der Waals surface area contributed by atoms with Gasteiger partial charge in [-0.05, 0) is 81.0 Å². The van der Waals surface area contributed by atoms with Gasteiger partial charge in [0.1, 0.15) is 5.78 Å². The lowest BCUT2D eigenvalue weighted by atomic mass is 9.43. The lowest BCUT2D eigenvalue weighted by Gasteiger charge is -2.63.